The van der Waals surface area contributed by atoms with Crippen LogP contribution in [0.5, 0.6) is 5.75 Å². The van der Waals surface area contributed by atoms with Crippen molar-refractivity contribution in [2.75, 3.05) is 0 Å². The highest BCUT2D eigenvalue weighted by Crippen LogP contribution is 2.28. The van der Waals surface area contributed by atoms with Crippen LogP contribution < -0.4 is 10.5 Å². The van der Waals surface area contributed by atoms with E-state index in [0.29, 0.717) is 6.61 Å². The maximum absolute atomic E-state index is 5.96. The minimum absolute atomic E-state index is 0.0406. The lowest BCUT2D eigenvalue weighted by Crippen LogP contribution is -2.08. The lowest BCUT2D eigenvalue weighted by molar-refractivity contribution is 0.301. The molecule has 2 aromatic rings. The molecular weight excluding hydrogens is 302 g/mol. The number of ether oxygens (including phenoxy) is 1. The van der Waals surface area contributed by atoms with Crippen LogP contribution in [-0.2, 0) is 6.61 Å². The minimum Gasteiger partial charge on any atom is -0.489 e. The van der Waals surface area contributed by atoms with Gasteiger partial charge in [0.05, 0.1) is 0 Å². The van der Waals surface area contributed by atoms with Gasteiger partial charge in [0, 0.05) is 16.1 Å². The Morgan fingerprint density at radius 2 is 1.84 bits per heavy atom. The van der Waals surface area contributed by atoms with Gasteiger partial charge in [-0.1, -0.05) is 51.8 Å². The second-order valence-corrected chi connectivity index (χ2v) is 5.66. The van der Waals surface area contributed by atoms with Crippen LogP contribution >= 0.6 is 15.9 Å². The normalized spacial score (nSPS) is 12.2. The van der Waals surface area contributed by atoms with Crippen molar-refractivity contribution in [3.63, 3.8) is 0 Å². The van der Waals surface area contributed by atoms with Gasteiger partial charge in [-0.25, -0.2) is 0 Å². The van der Waals surface area contributed by atoms with E-state index in [1.165, 1.54) is 5.56 Å². The molecule has 0 radical (unpaired) electrons. The van der Waals surface area contributed by atoms with E-state index in [2.05, 4.69) is 47.1 Å². The maximum atomic E-state index is 5.96. The number of rotatable bonds is 4. The monoisotopic (exact) mass is 319 g/mol. The summed E-state index contributed by atoms with van der Waals surface area (Å²) < 4.78 is 6.89. The quantitative estimate of drug-likeness (QED) is 0.908. The van der Waals surface area contributed by atoms with Gasteiger partial charge in [-0.15, -0.1) is 0 Å². The lowest BCUT2D eigenvalue weighted by Gasteiger charge is -2.14. The third-order valence-electron chi connectivity index (χ3n) is 2.98. The molecule has 0 spiro atoms. The van der Waals surface area contributed by atoms with Gasteiger partial charge in [0.2, 0.25) is 0 Å². The SMILES string of the molecule is Cc1ccc(COc2cc(Br)ccc2[C@H](C)N)cc1. The van der Waals surface area contributed by atoms with Crippen LogP contribution in [0.2, 0.25) is 0 Å². The highest BCUT2D eigenvalue weighted by Gasteiger charge is 2.08. The van der Waals surface area contributed by atoms with Crippen molar-refractivity contribution in [3.8, 4) is 5.75 Å². The number of hydrogen-bond acceptors (Lipinski definition) is 2. The second-order valence-electron chi connectivity index (χ2n) is 4.75. The van der Waals surface area contributed by atoms with Crippen LogP contribution in [-0.4, -0.2) is 0 Å². The van der Waals surface area contributed by atoms with Gasteiger partial charge in [0.25, 0.3) is 0 Å². The van der Waals surface area contributed by atoms with Gasteiger partial charge >= 0.3 is 0 Å². The number of nitrogens with two attached hydrogens (primary N) is 1. The molecule has 0 aromatic heterocycles. The second kappa shape index (κ2) is 6.22. The summed E-state index contributed by atoms with van der Waals surface area (Å²) in [4.78, 5) is 0. The summed E-state index contributed by atoms with van der Waals surface area (Å²) in [6.07, 6.45) is 0. The average Bonchev–Trinajstić information content (AvgIpc) is 2.38. The zero-order chi connectivity index (χ0) is 13.8. The topological polar surface area (TPSA) is 35.2 Å². The third-order valence-corrected chi connectivity index (χ3v) is 3.47. The zero-order valence-electron chi connectivity index (χ0n) is 11.2. The Kier molecular flexibility index (Phi) is 4.61. The molecule has 0 fully saturated rings. The summed E-state index contributed by atoms with van der Waals surface area (Å²) in [6.45, 7) is 4.59. The smallest absolute Gasteiger partial charge is 0.125 e. The zero-order valence-corrected chi connectivity index (χ0v) is 12.8. The molecule has 0 saturated carbocycles. The molecule has 0 heterocycles. The molecule has 2 aromatic carbocycles. The van der Waals surface area contributed by atoms with E-state index in [0.717, 1.165) is 21.3 Å². The van der Waals surface area contributed by atoms with Gasteiger partial charge in [0.15, 0.2) is 0 Å². The molecule has 100 valence electrons. The van der Waals surface area contributed by atoms with Crippen LogP contribution in [0, 0.1) is 6.92 Å². The Morgan fingerprint density at radius 1 is 1.16 bits per heavy atom. The molecule has 3 heteroatoms. The molecule has 19 heavy (non-hydrogen) atoms. The Morgan fingerprint density at radius 3 is 2.47 bits per heavy atom. The number of aryl methyl sites for hydroxylation is 1. The summed E-state index contributed by atoms with van der Waals surface area (Å²) in [7, 11) is 0. The van der Waals surface area contributed by atoms with E-state index in [9.17, 15) is 0 Å². The van der Waals surface area contributed by atoms with E-state index in [1.54, 1.807) is 0 Å². The Balaban J connectivity index is 2.14. The Labute approximate surface area is 122 Å². The van der Waals surface area contributed by atoms with Gasteiger partial charge < -0.3 is 10.5 Å². The van der Waals surface area contributed by atoms with Gasteiger partial charge in [-0.2, -0.15) is 0 Å². The first kappa shape index (κ1) is 14.1. The molecule has 0 bridgehead atoms. The summed E-state index contributed by atoms with van der Waals surface area (Å²) in [5.41, 5.74) is 9.39. The number of halogens is 1. The lowest BCUT2D eigenvalue weighted by atomic mass is 10.1. The van der Waals surface area contributed by atoms with E-state index in [4.69, 9.17) is 10.5 Å². The minimum atomic E-state index is -0.0406. The van der Waals surface area contributed by atoms with Crippen molar-refractivity contribution in [2.45, 2.75) is 26.5 Å². The summed E-state index contributed by atoms with van der Waals surface area (Å²) in [5.74, 6) is 0.838. The highest BCUT2D eigenvalue weighted by atomic mass is 79.9. The van der Waals surface area contributed by atoms with Crippen LogP contribution in [0.3, 0.4) is 0 Å². The van der Waals surface area contributed by atoms with Crippen molar-refractivity contribution in [2.24, 2.45) is 5.73 Å². The molecule has 0 aliphatic rings. The molecule has 0 aliphatic carbocycles. The standard InChI is InChI=1S/C16H18BrNO/c1-11-3-5-13(6-4-11)10-19-16-9-14(17)7-8-15(16)12(2)18/h3-9,12H,10,18H2,1-2H3/t12-/m0/s1. The predicted molar refractivity (Wildman–Crippen MR) is 82.3 cm³/mol. The van der Waals surface area contributed by atoms with Crippen molar-refractivity contribution in [3.05, 3.63) is 63.6 Å². The summed E-state index contributed by atoms with van der Waals surface area (Å²) in [5, 5.41) is 0. The van der Waals surface area contributed by atoms with Gasteiger partial charge in [0.1, 0.15) is 12.4 Å². The molecule has 0 unspecified atom stereocenters. The van der Waals surface area contributed by atoms with E-state index < -0.39 is 0 Å². The first-order valence-electron chi connectivity index (χ1n) is 6.29. The summed E-state index contributed by atoms with van der Waals surface area (Å²) in [6, 6.07) is 14.3. The van der Waals surface area contributed by atoms with Gasteiger partial charge in [-0.05, 0) is 31.5 Å². The van der Waals surface area contributed by atoms with Crippen LogP contribution in [0.25, 0.3) is 0 Å². The fraction of sp³-hybridized carbons (Fsp3) is 0.250. The average molecular weight is 320 g/mol. The Hall–Kier alpha value is -1.32. The van der Waals surface area contributed by atoms with Crippen molar-refractivity contribution < 1.29 is 4.74 Å². The van der Waals surface area contributed by atoms with Crippen LogP contribution in [0.15, 0.2) is 46.9 Å². The number of benzene rings is 2. The largest absolute Gasteiger partial charge is 0.489 e. The first-order chi connectivity index (χ1) is 9.06. The fourth-order valence-electron chi connectivity index (χ4n) is 1.85. The van der Waals surface area contributed by atoms with Crippen LogP contribution in [0.4, 0.5) is 0 Å². The number of hydrogen-bond donors (Lipinski definition) is 1. The molecule has 2 nitrogen and oxygen atoms in total. The Bertz CT molecular complexity index is 549. The molecule has 1 atom stereocenters. The first-order valence-corrected chi connectivity index (χ1v) is 7.09. The van der Waals surface area contributed by atoms with Crippen LogP contribution in [0.1, 0.15) is 29.7 Å². The molecule has 0 aliphatic heterocycles. The predicted octanol–water partition coefficient (Wildman–Crippen LogP) is 4.36. The molecular formula is C16H18BrNO. The van der Waals surface area contributed by atoms with Crippen molar-refractivity contribution in [1.29, 1.82) is 0 Å². The van der Waals surface area contributed by atoms with Crippen molar-refractivity contribution >= 4 is 15.9 Å². The molecule has 0 amide bonds. The van der Waals surface area contributed by atoms with Crippen molar-refractivity contribution in [1.82, 2.24) is 0 Å². The van der Waals surface area contributed by atoms with E-state index >= 15 is 0 Å². The van der Waals surface area contributed by atoms with E-state index in [1.807, 2.05) is 25.1 Å². The highest BCUT2D eigenvalue weighted by molar-refractivity contribution is 9.10. The molecule has 2 rings (SSSR count). The maximum Gasteiger partial charge on any atom is 0.125 e. The third kappa shape index (κ3) is 3.82. The molecule has 2 N–H and O–H groups in total. The summed E-state index contributed by atoms with van der Waals surface area (Å²) >= 11 is 3.46. The van der Waals surface area contributed by atoms with Gasteiger partial charge in [-0.3, -0.25) is 0 Å². The fourth-order valence-corrected chi connectivity index (χ4v) is 2.19. The molecule has 0 saturated heterocycles. The van der Waals surface area contributed by atoms with E-state index in [-0.39, 0.29) is 6.04 Å².